The fourth-order valence-electron chi connectivity index (χ4n) is 2.24. The van der Waals surface area contributed by atoms with Gasteiger partial charge < -0.3 is 15.0 Å². The summed E-state index contributed by atoms with van der Waals surface area (Å²) in [4.78, 5) is 0. The second-order valence-electron chi connectivity index (χ2n) is 4.55. The molecule has 0 amide bonds. The number of rotatable bonds is 4. The molecule has 3 nitrogen and oxygen atoms in total. The first-order chi connectivity index (χ1) is 8.13. The van der Waals surface area contributed by atoms with Crippen LogP contribution in [0.1, 0.15) is 32.5 Å². The van der Waals surface area contributed by atoms with Gasteiger partial charge in [0.05, 0.1) is 6.61 Å². The molecule has 3 heteroatoms. The first-order valence-electron chi connectivity index (χ1n) is 6.10. The van der Waals surface area contributed by atoms with Gasteiger partial charge in [-0.15, -0.1) is 0 Å². The van der Waals surface area contributed by atoms with Gasteiger partial charge in [0.1, 0.15) is 0 Å². The number of hydrogen-bond donors (Lipinski definition) is 1. The molecule has 1 aromatic heterocycles. The molecule has 0 aliphatic carbocycles. The SMILES string of the molecule is CCOCc1cc2cc(N)ccc2n1C(C)C. The van der Waals surface area contributed by atoms with E-state index in [-0.39, 0.29) is 0 Å². The van der Waals surface area contributed by atoms with E-state index in [9.17, 15) is 0 Å². The molecule has 0 unspecified atom stereocenters. The van der Waals surface area contributed by atoms with Gasteiger partial charge in [-0.1, -0.05) is 0 Å². The number of anilines is 1. The average molecular weight is 232 g/mol. The van der Waals surface area contributed by atoms with Crippen molar-refractivity contribution in [1.82, 2.24) is 4.57 Å². The maximum absolute atomic E-state index is 5.82. The Balaban J connectivity index is 2.53. The van der Waals surface area contributed by atoms with E-state index in [0.717, 1.165) is 12.3 Å². The highest BCUT2D eigenvalue weighted by molar-refractivity contribution is 5.84. The quantitative estimate of drug-likeness (QED) is 0.821. The maximum Gasteiger partial charge on any atom is 0.0868 e. The fourth-order valence-corrected chi connectivity index (χ4v) is 2.24. The van der Waals surface area contributed by atoms with E-state index in [2.05, 4.69) is 30.5 Å². The van der Waals surface area contributed by atoms with E-state index in [4.69, 9.17) is 10.5 Å². The number of fused-ring (bicyclic) bond motifs is 1. The van der Waals surface area contributed by atoms with Crippen LogP contribution in [-0.2, 0) is 11.3 Å². The van der Waals surface area contributed by atoms with Gasteiger partial charge in [-0.3, -0.25) is 0 Å². The molecule has 2 N–H and O–H groups in total. The topological polar surface area (TPSA) is 40.2 Å². The van der Waals surface area contributed by atoms with Crippen LogP contribution in [0.15, 0.2) is 24.3 Å². The molecule has 1 aromatic carbocycles. The van der Waals surface area contributed by atoms with Gasteiger partial charge in [-0.2, -0.15) is 0 Å². The molecule has 0 atom stereocenters. The molecule has 17 heavy (non-hydrogen) atoms. The Morgan fingerprint density at radius 3 is 2.71 bits per heavy atom. The summed E-state index contributed by atoms with van der Waals surface area (Å²) in [7, 11) is 0. The van der Waals surface area contributed by atoms with Crippen molar-refractivity contribution in [3.8, 4) is 0 Å². The molecule has 2 rings (SSSR count). The van der Waals surface area contributed by atoms with Crippen LogP contribution in [0, 0.1) is 0 Å². The van der Waals surface area contributed by atoms with E-state index in [1.54, 1.807) is 0 Å². The van der Waals surface area contributed by atoms with Gasteiger partial charge in [-0.25, -0.2) is 0 Å². The van der Waals surface area contributed by atoms with Gasteiger partial charge >= 0.3 is 0 Å². The van der Waals surface area contributed by atoms with Crippen molar-refractivity contribution in [1.29, 1.82) is 0 Å². The Kier molecular flexibility index (Phi) is 3.38. The highest BCUT2D eigenvalue weighted by Gasteiger charge is 2.11. The van der Waals surface area contributed by atoms with Crippen LogP contribution >= 0.6 is 0 Å². The minimum Gasteiger partial charge on any atom is -0.399 e. The molecular weight excluding hydrogens is 212 g/mol. The first-order valence-corrected chi connectivity index (χ1v) is 6.10. The van der Waals surface area contributed by atoms with Crippen molar-refractivity contribution in [3.05, 3.63) is 30.0 Å². The minimum absolute atomic E-state index is 0.423. The van der Waals surface area contributed by atoms with Gasteiger partial charge in [0.15, 0.2) is 0 Å². The van der Waals surface area contributed by atoms with Crippen LogP contribution in [0.25, 0.3) is 10.9 Å². The molecule has 0 fully saturated rings. The lowest BCUT2D eigenvalue weighted by Gasteiger charge is -2.14. The van der Waals surface area contributed by atoms with Crippen molar-refractivity contribution < 1.29 is 4.74 Å². The standard InChI is InChI=1S/C14H20N2O/c1-4-17-9-13-8-11-7-12(15)5-6-14(11)16(13)10(2)3/h5-8,10H,4,9,15H2,1-3H3. The van der Waals surface area contributed by atoms with Crippen molar-refractivity contribution in [2.24, 2.45) is 0 Å². The summed E-state index contributed by atoms with van der Waals surface area (Å²) in [5.74, 6) is 0. The predicted octanol–water partition coefficient (Wildman–Crippen LogP) is 3.34. The summed E-state index contributed by atoms with van der Waals surface area (Å²) >= 11 is 0. The molecule has 0 saturated carbocycles. The lowest BCUT2D eigenvalue weighted by atomic mass is 10.2. The number of nitrogens with zero attached hydrogens (tertiary/aromatic N) is 1. The first kappa shape index (κ1) is 12.0. The highest BCUT2D eigenvalue weighted by atomic mass is 16.5. The van der Waals surface area contributed by atoms with Crippen molar-refractivity contribution in [3.63, 3.8) is 0 Å². The van der Waals surface area contributed by atoms with Crippen LogP contribution < -0.4 is 5.73 Å². The molecular formula is C14H20N2O. The Morgan fingerprint density at radius 2 is 2.06 bits per heavy atom. The smallest absolute Gasteiger partial charge is 0.0868 e. The Morgan fingerprint density at radius 1 is 1.29 bits per heavy atom. The fraction of sp³-hybridized carbons (Fsp3) is 0.429. The molecule has 0 bridgehead atoms. The molecule has 0 aliphatic heterocycles. The zero-order valence-electron chi connectivity index (χ0n) is 10.7. The van der Waals surface area contributed by atoms with Gasteiger partial charge in [0.25, 0.3) is 0 Å². The van der Waals surface area contributed by atoms with Crippen LogP contribution in [0.5, 0.6) is 0 Å². The summed E-state index contributed by atoms with van der Waals surface area (Å²) in [6, 6.07) is 8.64. The second-order valence-corrected chi connectivity index (χ2v) is 4.55. The van der Waals surface area contributed by atoms with E-state index in [0.29, 0.717) is 12.6 Å². The van der Waals surface area contributed by atoms with Crippen LogP contribution in [0.2, 0.25) is 0 Å². The number of hydrogen-bond acceptors (Lipinski definition) is 2. The summed E-state index contributed by atoms with van der Waals surface area (Å²) in [5.41, 5.74) is 9.06. The number of benzene rings is 1. The normalized spacial score (nSPS) is 11.5. The van der Waals surface area contributed by atoms with Crippen LogP contribution in [-0.4, -0.2) is 11.2 Å². The van der Waals surface area contributed by atoms with E-state index in [1.807, 2.05) is 19.1 Å². The van der Waals surface area contributed by atoms with Crippen LogP contribution in [0.3, 0.4) is 0 Å². The van der Waals surface area contributed by atoms with E-state index >= 15 is 0 Å². The zero-order chi connectivity index (χ0) is 12.4. The summed E-state index contributed by atoms with van der Waals surface area (Å²) in [5, 5.41) is 1.19. The Labute approximate surface area is 102 Å². The number of aromatic nitrogens is 1. The minimum atomic E-state index is 0.423. The Bertz CT molecular complexity index is 514. The number of nitrogen functional groups attached to an aromatic ring is 1. The molecule has 1 heterocycles. The van der Waals surface area contributed by atoms with Crippen LogP contribution in [0.4, 0.5) is 5.69 Å². The largest absolute Gasteiger partial charge is 0.399 e. The average Bonchev–Trinajstić information content (AvgIpc) is 2.63. The Hall–Kier alpha value is -1.48. The van der Waals surface area contributed by atoms with E-state index < -0.39 is 0 Å². The van der Waals surface area contributed by atoms with E-state index in [1.165, 1.54) is 16.6 Å². The predicted molar refractivity (Wildman–Crippen MR) is 72.1 cm³/mol. The number of nitrogens with two attached hydrogens (primary N) is 1. The summed E-state index contributed by atoms with van der Waals surface area (Å²) in [6.45, 7) is 7.78. The highest BCUT2D eigenvalue weighted by Crippen LogP contribution is 2.26. The third-order valence-electron chi connectivity index (χ3n) is 2.91. The third-order valence-corrected chi connectivity index (χ3v) is 2.91. The molecule has 0 aliphatic rings. The molecule has 0 spiro atoms. The molecule has 0 saturated heterocycles. The molecule has 92 valence electrons. The van der Waals surface area contributed by atoms with Gasteiger partial charge in [0.2, 0.25) is 0 Å². The molecule has 2 aromatic rings. The van der Waals surface area contributed by atoms with Gasteiger partial charge in [-0.05, 0) is 45.0 Å². The zero-order valence-corrected chi connectivity index (χ0v) is 10.7. The number of ether oxygens (including phenoxy) is 1. The van der Waals surface area contributed by atoms with Crippen molar-refractivity contribution in [2.75, 3.05) is 12.3 Å². The summed E-state index contributed by atoms with van der Waals surface area (Å²) < 4.78 is 7.83. The summed E-state index contributed by atoms with van der Waals surface area (Å²) in [6.07, 6.45) is 0. The third kappa shape index (κ3) is 2.29. The lowest BCUT2D eigenvalue weighted by Crippen LogP contribution is -2.06. The molecule has 0 radical (unpaired) electrons. The lowest BCUT2D eigenvalue weighted by molar-refractivity contribution is 0.128. The second kappa shape index (κ2) is 4.80. The maximum atomic E-state index is 5.82. The van der Waals surface area contributed by atoms with Gasteiger partial charge in [0, 0.05) is 34.9 Å². The monoisotopic (exact) mass is 232 g/mol. The van der Waals surface area contributed by atoms with Crippen molar-refractivity contribution >= 4 is 16.6 Å². The van der Waals surface area contributed by atoms with Crippen molar-refractivity contribution in [2.45, 2.75) is 33.4 Å².